The lowest BCUT2D eigenvalue weighted by molar-refractivity contribution is 0.227. The first kappa shape index (κ1) is 14.2. The molecule has 1 aliphatic rings. The Labute approximate surface area is 115 Å². The van der Waals surface area contributed by atoms with Gasteiger partial charge in [-0.15, -0.1) is 0 Å². The Hall–Kier alpha value is -1.22. The summed E-state index contributed by atoms with van der Waals surface area (Å²) in [7, 11) is 0. The van der Waals surface area contributed by atoms with E-state index < -0.39 is 0 Å². The molecule has 1 aromatic carbocycles. The lowest BCUT2D eigenvalue weighted by Gasteiger charge is -2.34. The maximum atomic E-state index is 9.90. The second-order valence-electron chi connectivity index (χ2n) is 6.25. The molecule has 1 aromatic rings. The monoisotopic (exact) mass is 263 g/mol. The minimum absolute atomic E-state index is 0.100. The quantitative estimate of drug-likeness (QED) is 0.781. The van der Waals surface area contributed by atoms with Gasteiger partial charge < -0.3 is 15.5 Å². The third-order valence-corrected chi connectivity index (χ3v) is 4.14. The van der Waals surface area contributed by atoms with Crippen molar-refractivity contribution in [3.63, 3.8) is 0 Å². The van der Waals surface area contributed by atoms with Crippen molar-refractivity contribution in [2.75, 3.05) is 0 Å². The van der Waals surface area contributed by atoms with E-state index in [1.165, 1.54) is 25.3 Å². The summed E-state index contributed by atoms with van der Waals surface area (Å²) in [6, 6.07) is 5.43. The van der Waals surface area contributed by atoms with Crippen molar-refractivity contribution in [2.45, 2.75) is 52.1 Å². The third-order valence-electron chi connectivity index (χ3n) is 4.14. The molecular weight excluding hydrogens is 238 g/mol. The molecule has 3 N–H and O–H groups in total. The van der Waals surface area contributed by atoms with E-state index >= 15 is 0 Å². The van der Waals surface area contributed by atoms with Crippen LogP contribution in [0.4, 0.5) is 0 Å². The van der Waals surface area contributed by atoms with Crippen molar-refractivity contribution in [3.05, 3.63) is 23.8 Å². The molecule has 106 valence electrons. The molecule has 0 aliphatic heterocycles. The van der Waals surface area contributed by atoms with Crippen LogP contribution >= 0.6 is 0 Å². The number of nitrogens with one attached hydrogen (secondary N) is 1. The number of phenols is 2. The molecule has 1 aliphatic carbocycles. The van der Waals surface area contributed by atoms with Crippen LogP contribution in [0, 0.1) is 11.8 Å². The zero-order valence-corrected chi connectivity index (χ0v) is 12.1. The first-order valence-corrected chi connectivity index (χ1v) is 7.23. The average molecular weight is 263 g/mol. The summed E-state index contributed by atoms with van der Waals surface area (Å²) in [6.07, 6.45) is 3.72. The Morgan fingerprint density at radius 1 is 1.11 bits per heavy atom. The summed E-state index contributed by atoms with van der Waals surface area (Å²) < 4.78 is 0. The minimum Gasteiger partial charge on any atom is -0.508 e. The number of hydrogen-bond donors (Lipinski definition) is 3. The summed E-state index contributed by atoms with van der Waals surface area (Å²) in [6.45, 7) is 6.69. The van der Waals surface area contributed by atoms with Gasteiger partial charge in [-0.2, -0.15) is 0 Å². The van der Waals surface area contributed by atoms with Gasteiger partial charge in [-0.1, -0.05) is 19.9 Å². The lowest BCUT2D eigenvalue weighted by atomic mass is 9.80. The smallest absolute Gasteiger partial charge is 0.124 e. The van der Waals surface area contributed by atoms with E-state index in [1.54, 1.807) is 12.1 Å². The van der Waals surface area contributed by atoms with Crippen LogP contribution in [-0.4, -0.2) is 16.3 Å². The zero-order chi connectivity index (χ0) is 14.0. The second-order valence-corrected chi connectivity index (χ2v) is 6.25. The van der Waals surface area contributed by atoms with Crippen LogP contribution in [0.3, 0.4) is 0 Å². The van der Waals surface area contributed by atoms with Crippen molar-refractivity contribution in [1.29, 1.82) is 0 Å². The highest BCUT2D eigenvalue weighted by Crippen LogP contribution is 2.32. The Bertz CT molecular complexity index is 423. The van der Waals surface area contributed by atoms with E-state index in [4.69, 9.17) is 0 Å². The molecule has 0 saturated heterocycles. The normalized spacial score (nSPS) is 29.1. The molecule has 0 heterocycles. The van der Waals surface area contributed by atoms with E-state index in [0.717, 1.165) is 17.4 Å². The SMILES string of the molecule is CC1CC(C)CC(NC(C)c2ccc(O)cc2O)C1. The summed E-state index contributed by atoms with van der Waals surface area (Å²) in [5.74, 6) is 1.80. The van der Waals surface area contributed by atoms with Crippen LogP contribution in [0.1, 0.15) is 51.6 Å². The van der Waals surface area contributed by atoms with Gasteiger partial charge in [-0.05, 0) is 44.1 Å². The summed E-state index contributed by atoms with van der Waals surface area (Å²) in [4.78, 5) is 0. The fourth-order valence-electron chi connectivity index (χ4n) is 3.42. The molecule has 0 bridgehead atoms. The van der Waals surface area contributed by atoms with Crippen molar-refractivity contribution in [3.8, 4) is 11.5 Å². The summed E-state index contributed by atoms with van der Waals surface area (Å²) in [5, 5.41) is 22.8. The highest BCUT2D eigenvalue weighted by Gasteiger charge is 2.25. The van der Waals surface area contributed by atoms with Crippen LogP contribution in [0.2, 0.25) is 0 Å². The molecule has 3 unspecified atom stereocenters. The van der Waals surface area contributed by atoms with Crippen LogP contribution in [0.25, 0.3) is 0 Å². The van der Waals surface area contributed by atoms with Gasteiger partial charge in [-0.3, -0.25) is 0 Å². The molecule has 1 saturated carbocycles. The summed E-state index contributed by atoms with van der Waals surface area (Å²) >= 11 is 0. The predicted octanol–water partition coefficient (Wildman–Crippen LogP) is 3.57. The largest absolute Gasteiger partial charge is 0.508 e. The molecule has 0 amide bonds. The van der Waals surface area contributed by atoms with E-state index in [9.17, 15) is 10.2 Å². The lowest BCUT2D eigenvalue weighted by Crippen LogP contribution is -2.37. The Kier molecular flexibility index (Phi) is 4.35. The molecule has 19 heavy (non-hydrogen) atoms. The fraction of sp³-hybridized carbons (Fsp3) is 0.625. The number of aromatic hydroxyl groups is 2. The topological polar surface area (TPSA) is 52.5 Å². The Morgan fingerprint density at radius 3 is 2.32 bits per heavy atom. The number of benzene rings is 1. The van der Waals surface area contributed by atoms with Crippen LogP contribution in [-0.2, 0) is 0 Å². The maximum absolute atomic E-state index is 9.90. The average Bonchev–Trinajstić information content (AvgIpc) is 2.26. The molecule has 0 spiro atoms. The van der Waals surface area contributed by atoms with Crippen molar-refractivity contribution >= 4 is 0 Å². The van der Waals surface area contributed by atoms with Crippen molar-refractivity contribution in [2.24, 2.45) is 11.8 Å². The molecule has 1 fully saturated rings. The number of hydrogen-bond acceptors (Lipinski definition) is 3. The highest BCUT2D eigenvalue weighted by molar-refractivity contribution is 5.40. The highest BCUT2D eigenvalue weighted by atomic mass is 16.3. The maximum Gasteiger partial charge on any atom is 0.124 e. The molecule has 2 rings (SSSR count). The Morgan fingerprint density at radius 2 is 1.74 bits per heavy atom. The molecule has 0 radical (unpaired) electrons. The van der Waals surface area contributed by atoms with Crippen LogP contribution in [0.5, 0.6) is 11.5 Å². The molecular formula is C16H25NO2. The van der Waals surface area contributed by atoms with E-state index in [-0.39, 0.29) is 17.5 Å². The van der Waals surface area contributed by atoms with E-state index in [2.05, 4.69) is 26.1 Å². The molecule has 3 heteroatoms. The van der Waals surface area contributed by atoms with E-state index in [1.807, 2.05) is 0 Å². The molecule has 0 aromatic heterocycles. The summed E-state index contributed by atoms with van der Waals surface area (Å²) in [5.41, 5.74) is 0.851. The van der Waals surface area contributed by atoms with Crippen molar-refractivity contribution < 1.29 is 10.2 Å². The predicted molar refractivity (Wildman–Crippen MR) is 77.3 cm³/mol. The first-order chi connectivity index (χ1) is 8.95. The van der Waals surface area contributed by atoms with E-state index in [0.29, 0.717) is 6.04 Å². The van der Waals surface area contributed by atoms with Gasteiger partial charge in [0.25, 0.3) is 0 Å². The van der Waals surface area contributed by atoms with Gasteiger partial charge in [-0.25, -0.2) is 0 Å². The third kappa shape index (κ3) is 3.63. The van der Waals surface area contributed by atoms with Gasteiger partial charge in [0.1, 0.15) is 11.5 Å². The van der Waals surface area contributed by atoms with Gasteiger partial charge in [0.15, 0.2) is 0 Å². The first-order valence-electron chi connectivity index (χ1n) is 7.23. The van der Waals surface area contributed by atoms with Gasteiger partial charge >= 0.3 is 0 Å². The van der Waals surface area contributed by atoms with Gasteiger partial charge in [0, 0.05) is 23.7 Å². The Balaban J connectivity index is 2.02. The molecule has 3 nitrogen and oxygen atoms in total. The van der Waals surface area contributed by atoms with Gasteiger partial charge in [0.2, 0.25) is 0 Å². The minimum atomic E-state index is 0.100. The van der Waals surface area contributed by atoms with Crippen molar-refractivity contribution in [1.82, 2.24) is 5.32 Å². The number of phenolic OH excluding ortho intramolecular Hbond substituents is 2. The second kappa shape index (κ2) is 5.83. The van der Waals surface area contributed by atoms with Crippen LogP contribution in [0.15, 0.2) is 18.2 Å². The fourth-order valence-corrected chi connectivity index (χ4v) is 3.42. The van der Waals surface area contributed by atoms with Crippen LogP contribution < -0.4 is 5.32 Å². The molecule has 3 atom stereocenters. The number of rotatable bonds is 3. The zero-order valence-electron chi connectivity index (χ0n) is 12.1. The standard InChI is InChI=1S/C16H25NO2/c1-10-6-11(2)8-13(7-10)17-12(3)15-5-4-14(18)9-16(15)19/h4-5,9-13,17-19H,6-8H2,1-3H3. The van der Waals surface area contributed by atoms with Gasteiger partial charge in [0.05, 0.1) is 0 Å².